The first kappa shape index (κ1) is 20.1. The summed E-state index contributed by atoms with van der Waals surface area (Å²) in [4.78, 5) is 25.0. The van der Waals surface area contributed by atoms with Crippen LogP contribution in [-0.2, 0) is 27.7 Å². The van der Waals surface area contributed by atoms with Crippen LogP contribution in [0, 0.1) is 0 Å². The lowest BCUT2D eigenvalue weighted by molar-refractivity contribution is -0.139. The van der Waals surface area contributed by atoms with E-state index in [0.29, 0.717) is 11.3 Å². The molecule has 0 saturated heterocycles. The van der Waals surface area contributed by atoms with Gasteiger partial charge in [0.25, 0.3) is 5.91 Å². The molecule has 0 saturated carbocycles. The Labute approximate surface area is 156 Å². The molecule has 0 aliphatic heterocycles. The smallest absolute Gasteiger partial charge is 0.326 e. The van der Waals surface area contributed by atoms with Gasteiger partial charge in [-0.1, -0.05) is 30.3 Å². The van der Waals surface area contributed by atoms with Crippen LogP contribution >= 0.6 is 11.3 Å². The summed E-state index contributed by atoms with van der Waals surface area (Å²) in [6, 6.07) is 11.4. The highest BCUT2D eigenvalue weighted by Gasteiger charge is 2.22. The Hall–Kier alpha value is -2.23. The number of nitrogens with one attached hydrogen (secondary N) is 2. The van der Waals surface area contributed by atoms with Crippen molar-refractivity contribution in [3.05, 3.63) is 57.8 Å². The van der Waals surface area contributed by atoms with Gasteiger partial charge in [0.1, 0.15) is 6.04 Å². The van der Waals surface area contributed by atoms with Gasteiger partial charge in [0.15, 0.2) is 0 Å². The summed E-state index contributed by atoms with van der Waals surface area (Å²) < 4.78 is 24.5. The molecule has 1 atom stereocenters. The van der Waals surface area contributed by atoms with Crippen molar-refractivity contribution in [2.24, 2.45) is 0 Å². The molecule has 1 heterocycles. The summed E-state index contributed by atoms with van der Waals surface area (Å²) in [6.07, 6.45) is 1.73. The van der Waals surface area contributed by atoms with Crippen molar-refractivity contribution in [3.63, 3.8) is 0 Å². The summed E-state index contributed by atoms with van der Waals surface area (Å²) in [5.41, 5.74) is 0.818. The van der Waals surface area contributed by atoms with Gasteiger partial charge in [-0.15, -0.1) is 11.3 Å². The van der Waals surface area contributed by atoms with Crippen molar-refractivity contribution >= 4 is 33.2 Å². The molecule has 1 aromatic carbocycles. The third-order valence-corrected chi connectivity index (χ3v) is 5.38. The van der Waals surface area contributed by atoms with E-state index >= 15 is 0 Å². The van der Waals surface area contributed by atoms with Crippen molar-refractivity contribution in [1.82, 2.24) is 10.0 Å². The topological polar surface area (TPSA) is 113 Å². The first-order valence-corrected chi connectivity index (χ1v) is 10.6. The maximum Gasteiger partial charge on any atom is 0.326 e. The lowest BCUT2D eigenvalue weighted by atomic mass is 10.1. The van der Waals surface area contributed by atoms with Gasteiger partial charge in [-0.05, 0) is 24.1 Å². The van der Waals surface area contributed by atoms with Crippen LogP contribution in [0.1, 0.15) is 20.1 Å². The molecule has 140 valence electrons. The SMILES string of the molecule is CS(=O)(=O)NCCc1ccc(C(=O)N[C@H](Cc2ccccc2)C(=O)O)s1. The monoisotopic (exact) mass is 396 g/mol. The van der Waals surface area contributed by atoms with E-state index < -0.39 is 27.9 Å². The van der Waals surface area contributed by atoms with E-state index in [1.807, 2.05) is 18.2 Å². The molecule has 1 amide bonds. The number of aliphatic carboxylic acids is 1. The zero-order valence-electron chi connectivity index (χ0n) is 14.1. The average molecular weight is 396 g/mol. The summed E-state index contributed by atoms with van der Waals surface area (Å²) >= 11 is 1.21. The molecule has 0 unspecified atom stereocenters. The molecule has 0 bridgehead atoms. The molecule has 9 heteroatoms. The van der Waals surface area contributed by atoms with Crippen molar-refractivity contribution in [2.75, 3.05) is 12.8 Å². The van der Waals surface area contributed by atoms with Gasteiger partial charge in [-0.3, -0.25) is 4.79 Å². The third-order valence-electron chi connectivity index (χ3n) is 3.51. The van der Waals surface area contributed by atoms with Crippen LogP contribution in [-0.4, -0.2) is 44.2 Å². The summed E-state index contributed by atoms with van der Waals surface area (Å²) in [5.74, 6) is -1.56. The average Bonchev–Trinajstić information content (AvgIpc) is 3.03. The quantitative estimate of drug-likeness (QED) is 0.591. The van der Waals surface area contributed by atoms with E-state index in [1.54, 1.807) is 24.3 Å². The van der Waals surface area contributed by atoms with Crippen molar-refractivity contribution < 1.29 is 23.1 Å². The minimum atomic E-state index is -3.25. The lowest BCUT2D eigenvalue weighted by Crippen LogP contribution is -2.42. The maximum absolute atomic E-state index is 12.3. The Kier molecular flexibility index (Phi) is 6.90. The second kappa shape index (κ2) is 8.93. The van der Waals surface area contributed by atoms with Crippen LogP contribution in [0.15, 0.2) is 42.5 Å². The molecule has 0 spiro atoms. The first-order valence-electron chi connectivity index (χ1n) is 7.85. The van der Waals surface area contributed by atoms with E-state index in [2.05, 4.69) is 10.0 Å². The number of carbonyl (C=O) groups is 2. The van der Waals surface area contributed by atoms with Crippen molar-refractivity contribution in [1.29, 1.82) is 0 Å². The van der Waals surface area contributed by atoms with Gasteiger partial charge >= 0.3 is 5.97 Å². The Balaban J connectivity index is 1.96. The van der Waals surface area contributed by atoms with Crippen LogP contribution in [0.4, 0.5) is 0 Å². The fraction of sp³-hybridized carbons (Fsp3) is 0.294. The molecule has 0 radical (unpaired) electrons. The number of carboxylic acid groups (broad SMARTS) is 1. The van der Waals surface area contributed by atoms with Crippen molar-refractivity contribution in [2.45, 2.75) is 18.9 Å². The van der Waals surface area contributed by atoms with Crippen LogP contribution in [0.25, 0.3) is 0 Å². The number of thiophene rings is 1. The molecule has 0 aliphatic rings. The van der Waals surface area contributed by atoms with Crippen LogP contribution < -0.4 is 10.0 Å². The molecular weight excluding hydrogens is 376 g/mol. The minimum Gasteiger partial charge on any atom is -0.480 e. The Morgan fingerprint density at radius 1 is 1.15 bits per heavy atom. The Morgan fingerprint density at radius 3 is 2.46 bits per heavy atom. The third kappa shape index (κ3) is 6.58. The maximum atomic E-state index is 12.3. The second-order valence-electron chi connectivity index (χ2n) is 5.74. The molecule has 3 N–H and O–H groups in total. The van der Waals surface area contributed by atoms with E-state index in [0.717, 1.165) is 16.7 Å². The zero-order valence-corrected chi connectivity index (χ0v) is 15.8. The van der Waals surface area contributed by atoms with Gasteiger partial charge in [-0.25, -0.2) is 17.9 Å². The number of sulfonamides is 1. The van der Waals surface area contributed by atoms with Crippen LogP contribution in [0.5, 0.6) is 0 Å². The molecule has 2 aromatic rings. The number of rotatable bonds is 9. The van der Waals surface area contributed by atoms with E-state index in [9.17, 15) is 23.1 Å². The molecule has 1 aromatic heterocycles. The van der Waals surface area contributed by atoms with Crippen LogP contribution in [0.2, 0.25) is 0 Å². The summed E-state index contributed by atoms with van der Waals surface area (Å²) in [6.45, 7) is 0.242. The molecule has 26 heavy (non-hydrogen) atoms. The molecule has 0 fully saturated rings. The van der Waals surface area contributed by atoms with Gasteiger partial charge in [0, 0.05) is 17.8 Å². The normalized spacial score (nSPS) is 12.5. The predicted molar refractivity (Wildman–Crippen MR) is 99.9 cm³/mol. The number of amides is 1. The van der Waals surface area contributed by atoms with E-state index in [1.165, 1.54) is 11.3 Å². The van der Waals surface area contributed by atoms with Crippen molar-refractivity contribution in [3.8, 4) is 0 Å². The van der Waals surface area contributed by atoms with Gasteiger partial charge < -0.3 is 10.4 Å². The highest BCUT2D eigenvalue weighted by atomic mass is 32.2. The highest BCUT2D eigenvalue weighted by Crippen LogP contribution is 2.17. The van der Waals surface area contributed by atoms with E-state index in [-0.39, 0.29) is 13.0 Å². The standard InChI is InChI=1S/C17H20N2O5S2/c1-26(23,24)18-10-9-13-7-8-15(25-13)16(20)19-14(17(21)22)11-12-5-3-2-4-6-12/h2-8,14,18H,9-11H2,1H3,(H,19,20)(H,21,22)/t14-/m1/s1. The number of carboxylic acids is 1. The summed E-state index contributed by atoms with van der Waals surface area (Å²) in [7, 11) is -3.25. The Morgan fingerprint density at radius 2 is 1.85 bits per heavy atom. The fourth-order valence-corrected chi connectivity index (χ4v) is 3.66. The van der Waals surface area contributed by atoms with Gasteiger partial charge in [-0.2, -0.15) is 0 Å². The number of benzene rings is 1. The van der Waals surface area contributed by atoms with Gasteiger partial charge in [0.05, 0.1) is 11.1 Å². The molecule has 2 rings (SSSR count). The first-order chi connectivity index (χ1) is 12.2. The second-order valence-corrected chi connectivity index (χ2v) is 8.74. The Bertz CT molecular complexity index is 862. The molecule has 7 nitrogen and oxygen atoms in total. The predicted octanol–water partition coefficient (Wildman–Crippen LogP) is 1.27. The fourth-order valence-electron chi connectivity index (χ4n) is 2.27. The van der Waals surface area contributed by atoms with E-state index in [4.69, 9.17) is 0 Å². The number of hydrogen-bond acceptors (Lipinski definition) is 5. The largest absolute Gasteiger partial charge is 0.480 e. The van der Waals surface area contributed by atoms with Crippen LogP contribution in [0.3, 0.4) is 0 Å². The molecule has 0 aliphatic carbocycles. The number of carbonyl (C=O) groups excluding carboxylic acids is 1. The minimum absolute atomic E-state index is 0.193. The van der Waals surface area contributed by atoms with Gasteiger partial charge in [0.2, 0.25) is 10.0 Å². The number of hydrogen-bond donors (Lipinski definition) is 3. The molecular formula is C17H20N2O5S2. The highest BCUT2D eigenvalue weighted by molar-refractivity contribution is 7.88. The summed E-state index contributed by atoms with van der Waals surface area (Å²) in [5, 5.41) is 11.9. The lowest BCUT2D eigenvalue weighted by Gasteiger charge is -2.14. The zero-order chi connectivity index (χ0) is 19.2.